The van der Waals surface area contributed by atoms with Crippen molar-refractivity contribution >= 4 is 11.8 Å². The van der Waals surface area contributed by atoms with Crippen LogP contribution in [0.5, 0.6) is 0 Å². The lowest BCUT2D eigenvalue weighted by Crippen LogP contribution is -2.25. The van der Waals surface area contributed by atoms with Crippen molar-refractivity contribution in [1.82, 2.24) is 4.90 Å². The summed E-state index contributed by atoms with van der Waals surface area (Å²) in [6, 6.07) is 0. The zero-order valence-electron chi connectivity index (χ0n) is 5.54. The van der Waals surface area contributed by atoms with E-state index in [0.717, 1.165) is 4.90 Å². The SMILES string of the molecule is C=C[CH]N1C(=O)CCC1=O. The Kier molecular flexibility index (Phi) is 1.85. The Morgan fingerprint density at radius 2 is 1.80 bits per heavy atom. The van der Waals surface area contributed by atoms with Crippen molar-refractivity contribution < 1.29 is 9.59 Å². The van der Waals surface area contributed by atoms with Crippen LogP contribution < -0.4 is 0 Å². The van der Waals surface area contributed by atoms with Gasteiger partial charge in [0.15, 0.2) is 0 Å². The molecule has 0 aromatic rings. The number of carbonyl (C=O) groups excluding carboxylic acids is 2. The Labute approximate surface area is 59.3 Å². The first-order chi connectivity index (χ1) is 4.75. The summed E-state index contributed by atoms with van der Waals surface area (Å²) in [5, 5.41) is 0. The molecule has 53 valence electrons. The van der Waals surface area contributed by atoms with E-state index in [4.69, 9.17) is 0 Å². The Hall–Kier alpha value is -1.12. The third kappa shape index (κ3) is 1.07. The first kappa shape index (κ1) is 6.99. The maximum Gasteiger partial charge on any atom is 0.230 e. The van der Waals surface area contributed by atoms with Crippen LogP contribution in [0.2, 0.25) is 0 Å². The monoisotopic (exact) mass is 138 g/mol. The average Bonchev–Trinajstić information content (AvgIpc) is 2.20. The summed E-state index contributed by atoms with van der Waals surface area (Å²) in [5.74, 6) is -0.269. The minimum atomic E-state index is -0.134. The molecule has 3 nitrogen and oxygen atoms in total. The zero-order valence-corrected chi connectivity index (χ0v) is 5.54. The lowest BCUT2D eigenvalue weighted by atomic mass is 10.4. The van der Waals surface area contributed by atoms with Crippen molar-refractivity contribution in [2.45, 2.75) is 12.8 Å². The van der Waals surface area contributed by atoms with Crippen LogP contribution in [0.25, 0.3) is 0 Å². The second kappa shape index (κ2) is 2.64. The number of nitrogens with zero attached hydrogens (tertiary/aromatic N) is 1. The van der Waals surface area contributed by atoms with Crippen molar-refractivity contribution in [3.63, 3.8) is 0 Å². The molecule has 0 aromatic carbocycles. The van der Waals surface area contributed by atoms with Crippen molar-refractivity contribution in [2.24, 2.45) is 0 Å². The molecule has 3 heteroatoms. The Balaban J connectivity index is 2.62. The topological polar surface area (TPSA) is 37.4 Å². The third-order valence-corrected chi connectivity index (χ3v) is 1.34. The normalized spacial score (nSPS) is 18.2. The van der Waals surface area contributed by atoms with E-state index in [9.17, 15) is 9.59 Å². The summed E-state index contributed by atoms with van der Waals surface area (Å²) in [6.07, 6.45) is 2.10. The van der Waals surface area contributed by atoms with Gasteiger partial charge in [-0.25, -0.2) is 0 Å². The number of likely N-dealkylation sites (tertiary alicyclic amines) is 1. The van der Waals surface area contributed by atoms with E-state index in [1.165, 1.54) is 12.6 Å². The molecule has 1 saturated heterocycles. The van der Waals surface area contributed by atoms with Crippen molar-refractivity contribution in [1.29, 1.82) is 0 Å². The van der Waals surface area contributed by atoms with E-state index in [0.29, 0.717) is 12.8 Å². The van der Waals surface area contributed by atoms with Crippen LogP contribution in [-0.2, 0) is 9.59 Å². The molecule has 1 rings (SSSR count). The predicted octanol–water partition coefficient (Wildman–Crippen LogP) is 0.483. The summed E-state index contributed by atoms with van der Waals surface area (Å²) < 4.78 is 0. The van der Waals surface area contributed by atoms with E-state index in [1.807, 2.05) is 0 Å². The quantitative estimate of drug-likeness (QED) is 0.520. The van der Waals surface area contributed by atoms with E-state index in [2.05, 4.69) is 6.58 Å². The van der Waals surface area contributed by atoms with Crippen molar-refractivity contribution in [2.75, 3.05) is 0 Å². The predicted molar refractivity (Wildman–Crippen MR) is 35.6 cm³/mol. The fourth-order valence-corrected chi connectivity index (χ4v) is 0.866. The molecule has 0 aromatic heterocycles. The lowest BCUT2D eigenvalue weighted by molar-refractivity contribution is -0.136. The molecule has 1 aliphatic heterocycles. The maximum atomic E-state index is 10.8. The number of amides is 2. The van der Waals surface area contributed by atoms with Crippen LogP contribution in [0.1, 0.15) is 12.8 Å². The van der Waals surface area contributed by atoms with Gasteiger partial charge in [-0.05, 0) is 0 Å². The van der Waals surface area contributed by atoms with Gasteiger partial charge in [0.2, 0.25) is 11.8 Å². The maximum absolute atomic E-state index is 10.8. The molecular formula is C7H8NO2. The molecule has 0 N–H and O–H groups in total. The standard InChI is InChI=1S/C7H8NO2/c1-2-5-8-6(9)3-4-7(8)10/h2,5H,1,3-4H2. The molecule has 0 saturated carbocycles. The minimum Gasteiger partial charge on any atom is -0.274 e. The summed E-state index contributed by atoms with van der Waals surface area (Å²) in [4.78, 5) is 22.7. The zero-order chi connectivity index (χ0) is 7.56. The number of rotatable bonds is 2. The third-order valence-electron chi connectivity index (χ3n) is 1.34. The van der Waals surface area contributed by atoms with Crippen molar-refractivity contribution in [3.8, 4) is 0 Å². The van der Waals surface area contributed by atoms with Crippen LogP contribution in [0.4, 0.5) is 0 Å². The fraction of sp³-hybridized carbons (Fsp3) is 0.286. The molecule has 10 heavy (non-hydrogen) atoms. The molecular weight excluding hydrogens is 130 g/mol. The van der Waals surface area contributed by atoms with E-state index in [-0.39, 0.29) is 11.8 Å². The highest BCUT2D eigenvalue weighted by molar-refractivity contribution is 6.02. The first-order valence-corrected chi connectivity index (χ1v) is 3.06. The van der Waals surface area contributed by atoms with E-state index in [1.54, 1.807) is 0 Å². The number of hydrogen-bond donors (Lipinski definition) is 0. The highest BCUT2D eigenvalue weighted by Crippen LogP contribution is 2.12. The highest BCUT2D eigenvalue weighted by atomic mass is 16.2. The van der Waals surface area contributed by atoms with Gasteiger partial charge in [-0.1, -0.05) is 6.08 Å². The van der Waals surface area contributed by atoms with Crippen LogP contribution in [0, 0.1) is 6.54 Å². The smallest absolute Gasteiger partial charge is 0.230 e. The minimum absolute atomic E-state index is 0.134. The van der Waals surface area contributed by atoms with Crippen molar-refractivity contribution in [3.05, 3.63) is 19.2 Å². The van der Waals surface area contributed by atoms with Gasteiger partial charge in [0, 0.05) is 12.8 Å². The van der Waals surface area contributed by atoms with Gasteiger partial charge in [0.05, 0.1) is 6.54 Å². The largest absolute Gasteiger partial charge is 0.274 e. The Morgan fingerprint density at radius 3 is 2.20 bits per heavy atom. The number of hydrogen-bond acceptors (Lipinski definition) is 2. The van der Waals surface area contributed by atoms with Crippen LogP contribution in [0.3, 0.4) is 0 Å². The molecule has 2 amide bonds. The molecule has 0 aliphatic carbocycles. The van der Waals surface area contributed by atoms with Crippen LogP contribution in [-0.4, -0.2) is 16.7 Å². The van der Waals surface area contributed by atoms with Gasteiger partial charge in [0.25, 0.3) is 0 Å². The number of carbonyl (C=O) groups is 2. The summed E-state index contributed by atoms with van der Waals surface area (Å²) in [5.41, 5.74) is 0. The Morgan fingerprint density at radius 1 is 1.30 bits per heavy atom. The highest BCUT2D eigenvalue weighted by Gasteiger charge is 2.27. The number of imide groups is 1. The molecule has 1 heterocycles. The molecule has 0 spiro atoms. The first-order valence-electron chi connectivity index (χ1n) is 3.06. The van der Waals surface area contributed by atoms with Gasteiger partial charge >= 0.3 is 0 Å². The fourth-order valence-electron chi connectivity index (χ4n) is 0.866. The molecule has 0 unspecified atom stereocenters. The van der Waals surface area contributed by atoms with Gasteiger partial charge < -0.3 is 0 Å². The lowest BCUT2D eigenvalue weighted by Gasteiger charge is -2.07. The molecule has 1 aliphatic rings. The summed E-state index contributed by atoms with van der Waals surface area (Å²) in [7, 11) is 0. The van der Waals surface area contributed by atoms with Crippen LogP contribution in [0.15, 0.2) is 12.7 Å². The second-order valence-corrected chi connectivity index (χ2v) is 2.04. The van der Waals surface area contributed by atoms with Gasteiger partial charge in [-0.15, -0.1) is 6.58 Å². The van der Waals surface area contributed by atoms with Crippen LogP contribution >= 0.6 is 0 Å². The molecule has 1 fully saturated rings. The summed E-state index contributed by atoms with van der Waals surface area (Å²) in [6.45, 7) is 4.79. The van der Waals surface area contributed by atoms with Gasteiger partial charge in [-0.2, -0.15) is 0 Å². The van der Waals surface area contributed by atoms with E-state index < -0.39 is 0 Å². The van der Waals surface area contributed by atoms with E-state index >= 15 is 0 Å². The second-order valence-electron chi connectivity index (χ2n) is 2.04. The van der Waals surface area contributed by atoms with Gasteiger partial charge in [0.1, 0.15) is 0 Å². The summed E-state index contributed by atoms with van der Waals surface area (Å²) >= 11 is 0. The molecule has 1 radical (unpaired) electrons. The Bertz CT molecular complexity index is 170. The average molecular weight is 138 g/mol. The van der Waals surface area contributed by atoms with Gasteiger partial charge in [-0.3, -0.25) is 14.5 Å². The molecule has 0 atom stereocenters. The molecule has 0 bridgehead atoms.